The van der Waals surface area contributed by atoms with E-state index in [4.69, 9.17) is 0 Å². The third-order valence-electron chi connectivity index (χ3n) is 3.36. The highest BCUT2D eigenvalue weighted by Gasteiger charge is 2.20. The minimum absolute atomic E-state index is 0.0700. The second-order valence-electron chi connectivity index (χ2n) is 4.57. The van der Waals surface area contributed by atoms with Crippen molar-refractivity contribution in [3.05, 3.63) is 45.6 Å². The molecule has 0 saturated heterocycles. The van der Waals surface area contributed by atoms with Crippen LogP contribution in [0.3, 0.4) is 0 Å². The summed E-state index contributed by atoms with van der Waals surface area (Å²) in [5, 5.41) is 21.4. The van der Waals surface area contributed by atoms with Gasteiger partial charge in [-0.2, -0.15) is 0 Å². The van der Waals surface area contributed by atoms with Crippen LogP contribution in [0.2, 0.25) is 0 Å². The topological polar surface area (TPSA) is 76.3 Å². The first-order valence-electron chi connectivity index (χ1n) is 5.91. The van der Waals surface area contributed by atoms with E-state index in [1.54, 1.807) is 6.07 Å². The number of aryl methyl sites for hydroxylation is 1. The van der Waals surface area contributed by atoms with E-state index in [2.05, 4.69) is 4.98 Å². The van der Waals surface area contributed by atoms with E-state index in [1.165, 1.54) is 12.1 Å². The molecule has 0 amide bonds. The summed E-state index contributed by atoms with van der Waals surface area (Å²) in [5.41, 5.74) is 2.49. The second-order valence-corrected chi connectivity index (χ2v) is 4.57. The first kappa shape index (κ1) is 11.1. The molecule has 18 heavy (non-hydrogen) atoms. The number of hydrogen-bond acceptors (Lipinski definition) is 4. The van der Waals surface area contributed by atoms with Crippen LogP contribution in [0.4, 0.5) is 5.69 Å². The monoisotopic (exact) mass is 244 g/mol. The minimum Gasteiger partial charge on any atom is -0.387 e. The summed E-state index contributed by atoms with van der Waals surface area (Å²) in [6.45, 7) is 0. The summed E-state index contributed by atoms with van der Waals surface area (Å²) in [4.78, 5) is 14.7. The number of nitrogens with zero attached hydrogens (tertiary/aromatic N) is 2. The Morgan fingerprint density at radius 1 is 1.39 bits per heavy atom. The molecule has 1 N–H and O–H groups in total. The molecule has 1 unspecified atom stereocenters. The quantitative estimate of drug-likeness (QED) is 0.617. The lowest BCUT2D eigenvalue weighted by Gasteiger charge is -2.20. The third kappa shape index (κ3) is 1.73. The SMILES string of the molecule is O=[N+]([O-])c1ccc2nc3c(cc2c1)CCCC3O. The maximum atomic E-state index is 10.7. The number of nitro benzene ring substituents is 1. The zero-order valence-corrected chi connectivity index (χ0v) is 9.67. The van der Waals surface area contributed by atoms with Gasteiger partial charge in [-0.3, -0.25) is 10.1 Å². The van der Waals surface area contributed by atoms with E-state index < -0.39 is 11.0 Å². The first-order valence-corrected chi connectivity index (χ1v) is 5.91. The number of pyridine rings is 1. The Kier molecular flexibility index (Phi) is 2.48. The van der Waals surface area contributed by atoms with E-state index in [0.29, 0.717) is 5.52 Å². The average molecular weight is 244 g/mol. The number of fused-ring (bicyclic) bond motifs is 2. The van der Waals surface area contributed by atoms with Gasteiger partial charge in [0.25, 0.3) is 5.69 Å². The van der Waals surface area contributed by atoms with Gasteiger partial charge in [0.2, 0.25) is 0 Å². The second kappa shape index (κ2) is 4.03. The third-order valence-corrected chi connectivity index (χ3v) is 3.36. The van der Waals surface area contributed by atoms with Crippen molar-refractivity contribution in [2.24, 2.45) is 0 Å². The van der Waals surface area contributed by atoms with Crippen LogP contribution in [-0.2, 0) is 6.42 Å². The average Bonchev–Trinajstić information content (AvgIpc) is 2.36. The Morgan fingerprint density at radius 3 is 3.00 bits per heavy atom. The molecule has 0 bridgehead atoms. The molecule has 2 aromatic rings. The summed E-state index contributed by atoms with van der Waals surface area (Å²) < 4.78 is 0. The van der Waals surface area contributed by atoms with E-state index in [9.17, 15) is 15.2 Å². The summed E-state index contributed by atoms with van der Waals surface area (Å²) in [6, 6.07) is 6.52. The molecule has 92 valence electrons. The van der Waals surface area contributed by atoms with Gasteiger partial charge in [0.15, 0.2) is 0 Å². The maximum Gasteiger partial charge on any atom is 0.270 e. The van der Waals surface area contributed by atoms with Crippen molar-refractivity contribution in [3.8, 4) is 0 Å². The van der Waals surface area contributed by atoms with Crippen molar-refractivity contribution in [2.75, 3.05) is 0 Å². The van der Waals surface area contributed by atoms with Gasteiger partial charge >= 0.3 is 0 Å². The van der Waals surface area contributed by atoms with E-state index in [1.807, 2.05) is 6.07 Å². The van der Waals surface area contributed by atoms with Crippen molar-refractivity contribution in [3.63, 3.8) is 0 Å². The summed E-state index contributed by atoms with van der Waals surface area (Å²) in [7, 11) is 0. The minimum atomic E-state index is -0.506. The number of nitro groups is 1. The van der Waals surface area contributed by atoms with Crippen LogP contribution in [-0.4, -0.2) is 15.0 Å². The number of aliphatic hydroxyl groups excluding tert-OH is 1. The zero-order valence-electron chi connectivity index (χ0n) is 9.67. The molecule has 0 spiro atoms. The Labute approximate surface area is 103 Å². The van der Waals surface area contributed by atoms with Crippen LogP contribution in [0.5, 0.6) is 0 Å². The highest BCUT2D eigenvalue weighted by Crippen LogP contribution is 2.31. The predicted octanol–water partition coefficient (Wildman–Crippen LogP) is 2.51. The molecule has 1 aromatic heterocycles. The van der Waals surface area contributed by atoms with Crippen molar-refractivity contribution in [2.45, 2.75) is 25.4 Å². The van der Waals surface area contributed by atoms with Crippen LogP contribution in [0.1, 0.15) is 30.2 Å². The molecule has 1 aliphatic carbocycles. The number of non-ortho nitro benzene ring substituents is 1. The zero-order chi connectivity index (χ0) is 12.7. The van der Waals surface area contributed by atoms with Crippen LogP contribution < -0.4 is 0 Å². The van der Waals surface area contributed by atoms with E-state index in [0.717, 1.165) is 35.9 Å². The molecule has 1 aliphatic rings. The van der Waals surface area contributed by atoms with Crippen LogP contribution in [0, 0.1) is 10.1 Å². The molecule has 0 radical (unpaired) electrons. The Hall–Kier alpha value is -2.01. The van der Waals surface area contributed by atoms with E-state index in [-0.39, 0.29) is 5.69 Å². The molecule has 1 atom stereocenters. The van der Waals surface area contributed by atoms with Crippen LogP contribution in [0.25, 0.3) is 10.9 Å². The molecule has 1 aromatic carbocycles. The van der Waals surface area contributed by atoms with Gasteiger partial charge in [0.05, 0.1) is 22.2 Å². The fourth-order valence-corrected chi connectivity index (χ4v) is 2.45. The predicted molar refractivity (Wildman–Crippen MR) is 66.3 cm³/mol. The lowest BCUT2D eigenvalue weighted by Crippen LogP contribution is -2.11. The van der Waals surface area contributed by atoms with Crippen molar-refractivity contribution in [1.29, 1.82) is 0 Å². The number of benzene rings is 1. The highest BCUT2D eigenvalue weighted by atomic mass is 16.6. The largest absolute Gasteiger partial charge is 0.387 e. The fraction of sp³-hybridized carbons (Fsp3) is 0.308. The van der Waals surface area contributed by atoms with Gasteiger partial charge in [-0.1, -0.05) is 0 Å². The smallest absolute Gasteiger partial charge is 0.270 e. The standard InChI is InChI=1S/C13H12N2O3/c16-12-3-1-2-8-6-9-7-10(15(17)18)4-5-11(9)14-13(8)12/h4-7,12,16H,1-3H2. The Balaban J connectivity index is 2.20. The van der Waals surface area contributed by atoms with Gasteiger partial charge in [-0.25, -0.2) is 4.98 Å². The van der Waals surface area contributed by atoms with Gasteiger partial charge in [-0.15, -0.1) is 0 Å². The molecule has 1 heterocycles. The lowest BCUT2D eigenvalue weighted by molar-refractivity contribution is -0.384. The Morgan fingerprint density at radius 2 is 2.22 bits per heavy atom. The molecule has 5 nitrogen and oxygen atoms in total. The summed E-state index contributed by atoms with van der Waals surface area (Å²) >= 11 is 0. The highest BCUT2D eigenvalue weighted by molar-refractivity contribution is 5.82. The van der Waals surface area contributed by atoms with E-state index >= 15 is 0 Å². The number of hydrogen-bond donors (Lipinski definition) is 1. The summed E-state index contributed by atoms with van der Waals surface area (Å²) in [5.74, 6) is 0. The van der Waals surface area contributed by atoms with Crippen molar-refractivity contribution >= 4 is 16.6 Å². The fourth-order valence-electron chi connectivity index (χ4n) is 2.45. The van der Waals surface area contributed by atoms with Gasteiger partial charge in [-0.05, 0) is 37.0 Å². The Bertz CT molecular complexity index is 639. The molecule has 0 fully saturated rings. The molecule has 0 saturated carbocycles. The van der Waals surface area contributed by atoms with Crippen molar-refractivity contribution < 1.29 is 10.0 Å². The molecular formula is C13H12N2O3. The van der Waals surface area contributed by atoms with Crippen LogP contribution >= 0.6 is 0 Å². The number of rotatable bonds is 1. The molecule has 5 heteroatoms. The first-order chi connectivity index (χ1) is 8.65. The molecule has 3 rings (SSSR count). The summed E-state index contributed by atoms with van der Waals surface area (Å²) in [6.07, 6.45) is 2.03. The van der Waals surface area contributed by atoms with Gasteiger partial charge in [0, 0.05) is 17.5 Å². The molecule has 0 aliphatic heterocycles. The normalized spacial score (nSPS) is 18.6. The van der Waals surface area contributed by atoms with Gasteiger partial charge < -0.3 is 5.11 Å². The lowest BCUT2D eigenvalue weighted by atomic mass is 9.92. The molecular weight excluding hydrogens is 232 g/mol. The van der Waals surface area contributed by atoms with Crippen LogP contribution in [0.15, 0.2) is 24.3 Å². The maximum absolute atomic E-state index is 10.7. The number of aliphatic hydroxyl groups is 1. The number of aromatic nitrogens is 1. The van der Waals surface area contributed by atoms with Crippen molar-refractivity contribution in [1.82, 2.24) is 4.98 Å². The van der Waals surface area contributed by atoms with Gasteiger partial charge in [0.1, 0.15) is 0 Å².